The van der Waals surface area contributed by atoms with Crippen molar-refractivity contribution < 1.29 is 0 Å². The zero-order valence-corrected chi connectivity index (χ0v) is 33.0. The molecule has 4 heteroatoms. The van der Waals surface area contributed by atoms with E-state index in [0.29, 0.717) is 0 Å². The first kappa shape index (κ1) is 33.7. The molecule has 0 atom stereocenters. The van der Waals surface area contributed by atoms with Crippen molar-refractivity contribution in [1.29, 1.82) is 0 Å². The number of nitrogens with zero attached hydrogens (tertiary/aromatic N) is 3. The number of anilines is 6. The highest BCUT2D eigenvalue weighted by Crippen LogP contribution is 2.46. The number of hydrogen-bond donors (Lipinski definition) is 0. The molecule has 9 aromatic carbocycles. The number of benzene rings is 9. The van der Waals surface area contributed by atoms with Crippen LogP contribution >= 0.6 is 11.3 Å². The van der Waals surface area contributed by atoms with Gasteiger partial charge in [-0.3, -0.25) is 0 Å². The molecule has 2 heterocycles. The second-order valence-corrected chi connectivity index (χ2v) is 16.5. The Bertz CT molecular complexity index is 3370. The van der Waals surface area contributed by atoms with Crippen molar-refractivity contribution >= 4 is 87.4 Å². The van der Waals surface area contributed by atoms with Crippen LogP contribution in [0.2, 0.25) is 0 Å². The molecule has 1 aliphatic rings. The average Bonchev–Trinajstić information content (AvgIpc) is 3.96. The summed E-state index contributed by atoms with van der Waals surface area (Å²) in [6.07, 6.45) is 0.962. The summed E-state index contributed by atoms with van der Waals surface area (Å²) in [4.78, 5) is 4.80. The van der Waals surface area contributed by atoms with Gasteiger partial charge in [0.2, 0.25) is 0 Å². The summed E-state index contributed by atoms with van der Waals surface area (Å²) >= 11 is 1.86. The molecule has 0 amide bonds. The zero-order chi connectivity index (χ0) is 38.9. The van der Waals surface area contributed by atoms with Gasteiger partial charge in [-0.25, -0.2) is 0 Å². The summed E-state index contributed by atoms with van der Waals surface area (Å²) in [6.45, 7) is 0. The van der Waals surface area contributed by atoms with Gasteiger partial charge in [0, 0.05) is 70.8 Å². The number of para-hydroxylation sites is 4. The number of fused-ring (bicyclic) bond motifs is 9. The molecule has 0 fully saturated rings. The molecule has 3 nitrogen and oxygen atoms in total. The number of hydrogen-bond acceptors (Lipinski definition) is 3. The molecule has 0 saturated carbocycles. The van der Waals surface area contributed by atoms with Crippen molar-refractivity contribution in [1.82, 2.24) is 4.57 Å². The zero-order valence-electron chi connectivity index (χ0n) is 32.2. The van der Waals surface area contributed by atoms with Crippen molar-refractivity contribution in [3.05, 3.63) is 223 Å². The topological polar surface area (TPSA) is 11.4 Å². The van der Waals surface area contributed by atoms with Crippen molar-refractivity contribution in [2.45, 2.75) is 6.42 Å². The van der Waals surface area contributed by atoms with Crippen LogP contribution < -0.4 is 9.80 Å². The predicted octanol–water partition coefficient (Wildman–Crippen LogP) is 15.7. The third-order valence-corrected chi connectivity index (χ3v) is 13.1. The normalized spacial score (nSPS) is 12.0. The number of thiophene rings is 1. The van der Waals surface area contributed by atoms with Gasteiger partial charge in [0.15, 0.2) is 0 Å². The fourth-order valence-corrected chi connectivity index (χ4v) is 10.4. The molecule has 0 saturated heterocycles. The minimum atomic E-state index is 0.962. The summed E-state index contributed by atoms with van der Waals surface area (Å²) in [5.41, 5.74) is 15.8. The van der Waals surface area contributed by atoms with Crippen LogP contribution in [0.4, 0.5) is 34.1 Å². The first-order valence-corrected chi connectivity index (χ1v) is 21.0. The molecule has 0 N–H and O–H groups in total. The Labute approximate surface area is 346 Å². The van der Waals surface area contributed by atoms with Crippen LogP contribution in [-0.4, -0.2) is 4.57 Å². The van der Waals surface area contributed by atoms with Gasteiger partial charge in [0.25, 0.3) is 0 Å². The highest BCUT2D eigenvalue weighted by molar-refractivity contribution is 7.25. The highest BCUT2D eigenvalue weighted by atomic mass is 32.1. The molecule has 0 aliphatic heterocycles. The standard InChI is InChI=1S/C55H37N3S/c1-4-15-39(16-5-1)56(42-24-28-47-38(33-42)32-37-14-10-11-21-46(37)47)45-26-30-50-51-34-43(27-31-54(51)59-55(50)36-45)57(40-17-6-2-7-18-40)44-25-29-49-48-22-12-13-23-52(48)58(53(49)35-44)41-19-8-3-9-20-41/h1-31,33-36H,32H2. The Balaban J connectivity index is 0.982. The third kappa shape index (κ3) is 5.56. The quantitative estimate of drug-likeness (QED) is 0.160. The van der Waals surface area contributed by atoms with E-state index in [1.54, 1.807) is 0 Å². The Kier molecular flexibility index (Phi) is 7.78. The highest BCUT2D eigenvalue weighted by Gasteiger charge is 2.22. The molecular weight excluding hydrogens is 735 g/mol. The van der Waals surface area contributed by atoms with Gasteiger partial charge < -0.3 is 14.4 Å². The minimum absolute atomic E-state index is 0.962. The molecule has 0 spiro atoms. The van der Waals surface area contributed by atoms with Gasteiger partial charge in [0.05, 0.1) is 11.0 Å². The largest absolute Gasteiger partial charge is 0.310 e. The van der Waals surface area contributed by atoms with Crippen LogP contribution in [0.1, 0.15) is 11.1 Å². The first-order chi connectivity index (χ1) is 29.2. The van der Waals surface area contributed by atoms with E-state index in [-0.39, 0.29) is 0 Å². The van der Waals surface area contributed by atoms with E-state index in [9.17, 15) is 0 Å². The summed E-state index contributed by atoms with van der Waals surface area (Å²) in [5.74, 6) is 0. The van der Waals surface area contributed by atoms with Gasteiger partial charge in [-0.05, 0) is 126 Å². The summed E-state index contributed by atoms with van der Waals surface area (Å²) in [6, 6.07) is 77.6. The lowest BCUT2D eigenvalue weighted by molar-refractivity contribution is 1.18. The Morgan fingerprint density at radius 3 is 1.68 bits per heavy atom. The van der Waals surface area contributed by atoms with Crippen LogP contribution in [0.5, 0.6) is 0 Å². The summed E-state index contributed by atoms with van der Waals surface area (Å²) in [5, 5.41) is 5.02. The van der Waals surface area contributed by atoms with Crippen molar-refractivity contribution in [3.8, 4) is 16.8 Å². The average molecular weight is 772 g/mol. The van der Waals surface area contributed by atoms with Gasteiger partial charge in [-0.15, -0.1) is 11.3 Å². The number of aromatic nitrogens is 1. The second kappa shape index (κ2) is 13.6. The van der Waals surface area contributed by atoms with Crippen LogP contribution in [-0.2, 0) is 6.42 Å². The van der Waals surface area contributed by atoms with Crippen molar-refractivity contribution in [2.24, 2.45) is 0 Å². The lowest BCUT2D eigenvalue weighted by Gasteiger charge is -2.26. The monoisotopic (exact) mass is 771 g/mol. The molecule has 2 aromatic heterocycles. The molecule has 59 heavy (non-hydrogen) atoms. The van der Waals surface area contributed by atoms with E-state index in [0.717, 1.165) is 40.5 Å². The van der Waals surface area contributed by atoms with E-state index in [1.165, 1.54) is 69.9 Å². The van der Waals surface area contributed by atoms with Gasteiger partial charge in [-0.1, -0.05) is 115 Å². The summed E-state index contributed by atoms with van der Waals surface area (Å²) < 4.78 is 4.93. The second-order valence-electron chi connectivity index (χ2n) is 15.4. The molecule has 12 rings (SSSR count). The van der Waals surface area contributed by atoms with E-state index in [4.69, 9.17) is 0 Å². The predicted molar refractivity (Wildman–Crippen MR) is 251 cm³/mol. The maximum Gasteiger partial charge on any atom is 0.0561 e. The molecule has 0 bridgehead atoms. The summed E-state index contributed by atoms with van der Waals surface area (Å²) in [7, 11) is 0. The molecule has 0 unspecified atom stereocenters. The Morgan fingerprint density at radius 1 is 0.339 bits per heavy atom. The smallest absolute Gasteiger partial charge is 0.0561 e. The van der Waals surface area contributed by atoms with Gasteiger partial charge in [-0.2, -0.15) is 0 Å². The maximum atomic E-state index is 2.40. The Morgan fingerprint density at radius 2 is 0.898 bits per heavy atom. The lowest BCUT2D eigenvalue weighted by atomic mass is 10.0. The van der Waals surface area contributed by atoms with Crippen LogP contribution in [0, 0.1) is 0 Å². The van der Waals surface area contributed by atoms with Crippen molar-refractivity contribution in [3.63, 3.8) is 0 Å². The SMILES string of the molecule is c1ccc(N(c2ccc3c(c2)Cc2ccccc2-3)c2ccc3c(c2)sc2ccc(N(c4ccccc4)c4ccc5c6ccccc6n(-c6ccccc6)c5c4)cc23)cc1. The van der Waals surface area contributed by atoms with Gasteiger partial charge >= 0.3 is 0 Å². The van der Waals surface area contributed by atoms with Crippen LogP contribution in [0.15, 0.2) is 212 Å². The van der Waals surface area contributed by atoms with E-state index < -0.39 is 0 Å². The molecule has 11 aromatic rings. The maximum absolute atomic E-state index is 2.40. The molecular formula is C55H37N3S. The van der Waals surface area contributed by atoms with E-state index >= 15 is 0 Å². The molecule has 278 valence electrons. The lowest BCUT2D eigenvalue weighted by Crippen LogP contribution is -2.10. The van der Waals surface area contributed by atoms with Gasteiger partial charge in [0.1, 0.15) is 0 Å². The minimum Gasteiger partial charge on any atom is -0.310 e. The fourth-order valence-electron chi connectivity index (χ4n) is 9.30. The first-order valence-electron chi connectivity index (χ1n) is 20.2. The number of rotatable bonds is 7. The van der Waals surface area contributed by atoms with Crippen LogP contribution in [0.3, 0.4) is 0 Å². The van der Waals surface area contributed by atoms with Crippen molar-refractivity contribution in [2.75, 3.05) is 9.80 Å². The van der Waals surface area contributed by atoms with Crippen LogP contribution in [0.25, 0.3) is 58.8 Å². The van der Waals surface area contributed by atoms with E-state index in [1.807, 2.05) is 11.3 Å². The molecule has 0 radical (unpaired) electrons. The fraction of sp³-hybridized carbons (Fsp3) is 0.0182. The Hall–Kier alpha value is -7.40. The van der Waals surface area contributed by atoms with E-state index in [2.05, 4.69) is 227 Å². The molecule has 1 aliphatic carbocycles. The third-order valence-electron chi connectivity index (χ3n) is 11.9.